The summed E-state index contributed by atoms with van der Waals surface area (Å²) in [7, 11) is 0. The molecule has 0 atom stereocenters. The molecule has 0 aliphatic carbocycles. The average molecular weight is 333 g/mol. The molecule has 0 radical (unpaired) electrons. The summed E-state index contributed by atoms with van der Waals surface area (Å²) in [5, 5.41) is 11.1. The molecule has 0 saturated heterocycles. The Bertz CT molecular complexity index is 502. The highest BCUT2D eigenvalue weighted by Gasteiger charge is 2.31. The number of phenols is 1. The molecule has 1 nitrogen and oxygen atoms in total. The van der Waals surface area contributed by atoms with E-state index < -0.39 is 0 Å². The predicted octanol–water partition coefficient (Wildman–Crippen LogP) is 6.98. The van der Waals surface area contributed by atoms with Gasteiger partial charge in [0.1, 0.15) is 5.75 Å². The number of benzene rings is 1. The highest BCUT2D eigenvalue weighted by atomic mass is 16.3. The molecule has 0 aliphatic heterocycles. The Morgan fingerprint density at radius 2 is 1.08 bits per heavy atom. The third kappa shape index (κ3) is 4.55. The molecule has 24 heavy (non-hydrogen) atoms. The largest absolute Gasteiger partial charge is 0.507 e. The zero-order valence-corrected chi connectivity index (χ0v) is 17.7. The van der Waals surface area contributed by atoms with E-state index in [1.54, 1.807) is 0 Å². The van der Waals surface area contributed by atoms with Gasteiger partial charge in [-0.2, -0.15) is 0 Å². The van der Waals surface area contributed by atoms with E-state index in [0.717, 1.165) is 18.4 Å². The van der Waals surface area contributed by atoms with E-state index in [2.05, 4.69) is 62.3 Å². The molecule has 0 fully saturated rings. The lowest BCUT2D eigenvalue weighted by Gasteiger charge is -2.34. The zero-order chi connectivity index (χ0) is 18.7. The summed E-state index contributed by atoms with van der Waals surface area (Å²) in [6.45, 7) is 20.2. The van der Waals surface area contributed by atoms with Crippen molar-refractivity contribution >= 4 is 0 Å². The molecule has 0 unspecified atom stereocenters. The minimum Gasteiger partial charge on any atom is -0.507 e. The Labute approximate surface area is 150 Å². The molecule has 1 N–H and O–H groups in total. The Morgan fingerprint density at radius 3 is 1.42 bits per heavy atom. The van der Waals surface area contributed by atoms with Crippen LogP contribution in [0.1, 0.15) is 109 Å². The fourth-order valence-electron chi connectivity index (χ4n) is 4.06. The molecule has 1 aromatic rings. The second-order valence-corrected chi connectivity index (χ2v) is 9.39. The maximum Gasteiger partial charge on any atom is 0.122 e. The van der Waals surface area contributed by atoms with E-state index in [1.807, 2.05) is 0 Å². The van der Waals surface area contributed by atoms with E-state index in [4.69, 9.17) is 0 Å². The first-order valence-corrected chi connectivity index (χ1v) is 9.84. The number of aromatic hydroxyl groups is 1. The second kappa shape index (κ2) is 7.93. The minimum atomic E-state index is -0.0324. The third-order valence-electron chi connectivity index (χ3n) is 5.00. The van der Waals surface area contributed by atoms with Crippen LogP contribution in [0.4, 0.5) is 0 Å². The van der Waals surface area contributed by atoms with Crippen LogP contribution in [0.25, 0.3) is 0 Å². The molecule has 0 saturated carbocycles. The van der Waals surface area contributed by atoms with E-state index >= 15 is 0 Å². The molecular formula is C23H40O. The quantitative estimate of drug-likeness (QED) is 0.595. The third-order valence-corrected chi connectivity index (χ3v) is 5.00. The topological polar surface area (TPSA) is 20.2 Å². The molecule has 0 amide bonds. The van der Waals surface area contributed by atoms with Crippen molar-refractivity contribution in [3.8, 4) is 5.75 Å². The monoisotopic (exact) mass is 332 g/mol. The van der Waals surface area contributed by atoms with Gasteiger partial charge in [-0.05, 0) is 65.7 Å². The van der Waals surface area contributed by atoms with Crippen LogP contribution in [-0.2, 0) is 23.7 Å². The maximum atomic E-state index is 11.1. The van der Waals surface area contributed by atoms with Gasteiger partial charge in [-0.1, -0.05) is 68.2 Å². The number of hydrogen-bond acceptors (Lipinski definition) is 1. The Hall–Kier alpha value is -0.980. The fourth-order valence-corrected chi connectivity index (χ4v) is 4.06. The Kier molecular flexibility index (Phi) is 6.96. The maximum absolute atomic E-state index is 11.1. The van der Waals surface area contributed by atoms with Gasteiger partial charge in [0.25, 0.3) is 0 Å². The smallest absolute Gasteiger partial charge is 0.122 e. The first kappa shape index (κ1) is 21.1. The van der Waals surface area contributed by atoms with Crippen LogP contribution in [-0.4, -0.2) is 5.11 Å². The first-order valence-electron chi connectivity index (χ1n) is 9.84. The normalized spacial score (nSPS) is 12.7. The van der Waals surface area contributed by atoms with Crippen LogP contribution in [0.2, 0.25) is 0 Å². The minimum absolute atomic E-state index is 0.0324. The standard InChI is InChI=1S/C23H40O/c1-10-12-14-17-18(15-13-11-2)20(23(7,8)9)21(24)16(3)19(17)22(4,5)6/h24H,10-15H2,1-9H3. The van der Waals surface area contributed by atoms with Crippen molar-refractivity contribution < 1.29 is 5.11 Å². The van der Waals surface area contributed by atoms with Gasteiger partial charge in [0.15, 0.2) is 0 Å². The first-order chi connectivity index (χ1) is 11.0. The second-order valence-electron chi connectivity index (χ2n) is 9.39. The lowest BCUT2D eigenvalue weighted by Crippen LogP contribution is -2.23. The predicted molar refractivity (Wildman–Crippen MR) is 107 cm³/mol. The van der Waals surface area contributed by atoms with Gasteiger partial charge in [-0.25, -0.2) is 0 Å². The van der Waals surface area contributed by atoms with Crippen molar-refractivity contribution in [2.45, 2.75) is 112 Å². The van der Waals surface area contributed by atoms with Crippen LogP contribution >= 0.6 is 0 Å². The van der Waals surface area contributed by atoms with Crippen molar-refractivity contribution in [1.29, 1.82) is 0 Å². The summed E-state index contributed by atoms with van der Waals surface area (Å²) < 4.78 is 0. The van der Waals surface area contributed by atoms with Crippen LogP contribution < -0.4 is 0 Å². The highest BCUT2D eigenvalue weighted by Crippen LogP contribution is 2.44. The molecule has 0 aromatic heterocycles. The van der Waals surface area contributed by atoms with Gasteiger partial charge < -0.3 is 5.11 Å². The summed E-state index contributed by atoms with van der Waals surface area (Å²) in [6.07, 6.45) is 7.02. The van der Waals surface area contributed by atoms with Gasteiger partial charge >= 0.3 is 0 Å². The summed E-state index contributed by atoms with van der Waals surface area (Å²) >= 11 is 0. The van der Waals surface area contributed by atoms with Gasteiger partial charge in [-0.15, -0.1) is 0 Å². The van der Waals surface area contributed by atoms with Crippen LogP contribution in [0, 0.1) is 6.92 Å². The number of unbranched alkanes of at least 4 members (excludes halogenated alkanes) is 2. The van der Waals surface area contributed by atoms with Crippen molar-refractivity contribution in [1.82, 2.24) is 0 Å². The number of phenolic OH excluding ortho intramolecular Hbond substituents is 1. The summed E-state index contributed by atoms with van der Waals surface area (Å²) in [5.41, 5.74) is 6.65. The number of rotatable bonds is 6. The molecule has 0 bridgehead atoms. The summed E-state index contributed by atoms with van der Waals surface area (Å²) in [4.78, 5) is 0. The molecule has 1 aromatic carbocycles. The van der Waals surface area contributed by atoms with Gasteiger partial charge in [-0.3, -0.25) is 0 Å². The van der Waals surface area contributed by atoms with Crippen LogP contribution in [0.5, 0.6) is 5.75 Å². The van der Waals surface area contributed by atoms with Crippen molar-refractivity contribution in [3.05, 3.63) is 27.8 Å². The molecule has 138 valence electrons. The van der Waals surface area contributed by atoms with Crippen molar-refractivity contribution in [2.24, 2.45) is 0 Å². The van der Waals surface area contributed by atoms with Crippen molar-refractivity contribution in [3.63, 3.8) is 0 Å². The SMILES string of the molecule is CCCCc1c(CCCC)c(C(C)(C)C)c(O)c(C)c1C(C)(C)C. The molecule has 1 heteroatoms. The van der Waals surface area contributed by atoms with E-state index in [1.165, 1.54) is 47.9 Å². The summed E-state index contributed by atoms with van der Waals surface area (Å²) in [6, 6.07) is 0. The Morgan fingerprint density at radius 1 is 0.708 bits per heavy atom. The van der Waals surface area contributed by atoms with Gasteiger partial charge in [0.05, 0.1) is 0 Å². The lowest BCUT2D eigenvalue weighted by atomic mass is 9.71. The molecule has 0 aliphatic rings. The average Bonchev–Trinajstić information content (AvgIpc) is 2.43. The number of hydrogen-bond donors (Lipinski definition) is 1. The lowest BCUT2D eigenvalue weighted by molar-refractivity contribution is 0.433. The highest BCUT2D eigenvalue weighted by molar-refractivity contribution is 5.59. The van der Waals surface area contributed by atoms with E-state index in [-0.39, 0.29) is 10.8 Å². The van der Waals surface area contributed by atoms with Crippen LogP contribution in [0.15, 0.2) is 0 Å². The summed E-state index contributed by atoms with van der Waals surface area (Å²) in [5.74, 6) is 0.541. The molecule has 0 spiro atoms. The Balaban J connectivity index is 3.83. The van der Waals surface area contributed by atoms with Gasteiger partial charge in [0.2, 0.25) is 0 Å². The zero-order valence-electron chi connectivity index (χ0n) is 17.7. The van der Waals surface area contributed by atoms with E-state index in [9.17, 15) is 5.11 Å². The fraction of sp³-hybridized carbons (Fsp3) is 0.739. The molecular weight excluding hydrogens is 292 g/mol. The molecule has 1 rings (SSSR count). The molecule has 0 heterocycles. The van der Waals surface area contributed by atoms with Crippen LogP contribution in [0.3, 0.4) is 0 Å². The van der Waals surface area contributed by atoms with E-state index in [0.29, 0.717) is 5.75 Å². The van der Waals surface area contributed by atoms with Gasteiger partial charge in [0, 0.05) is 5.56 Å². The van der Waals surface area contributed by atoms with Crippen molar-refractivity contribution in [2.75, 3.05) is 0 Å².